The van der Waals surface area contributed by atoms with E-state index in [0.717, 1.165) is 25.1 Å². The minimum Gasteiger partial charge on any atom is -0.496 e. The predicted molar refractivity (Wildman–Crippen MR) is 145 cm³/mol. The number of benzene rings is 2. The van der Waals surface area contributed by atoms with Crippen LogP contribution in [0.3, 0.4) is 0 Å². The highest BCUT2D eigenvalue weighted by atomic mass is 35.5. The number of nitrogens with zero attached hydrogens (tertiary/aromatic N) is 1. The van der Waals surface area contributed by atoms with Crippen LogP contribution in [0.2, 0.25) is 10.0 Å². The van der Waals surface area contributed by atoms with Crippen molar-refractivity contribution in [2.45, 2.75) is 63.8 Å². The average Bonchev–Trinajstić information content (AvgIpc) is 3.25. The van der Waals surface area contributed by atoms with Crippen LogP contribution in [-0.4, -0.2) is 43.0 Å². The third-order valence-corrected chi connectivity index (χ3v) is 8.90. The molecule has 7 heteroatoms. The van der Waals surface area contributed by atoms with Crippen molar-refractivity contribution in [3.63, 3.8) is 0 Å². The van der Waals surface area contributed by atoms with Crippen LogP contribution in [0.4, 0.5) is 0 Å². The lowest BCUT2D eigenvalue weighted by Crippen LogP contribution is -2.43. The van der Waals surface area contributed by atoms with Gasteiger partial charge >= 0.3 is 0 Å². The molecule has 5 nitrogen and oxygen atoms in total. The van der Waals surface area contributed by atoms with Crippen LogP contribution in [0.1, 0.15) is 73.7 Å². The maximum atomic E-state index is 13.0. The van der Waals surface area contributed by atoms with Gasteiger partial charge in [0.1, 0.15) is 5.75 Å². The molecule has 1 saturated heterocycles. The van der Waals surface area contributed by atoms with Gasteiger partial charge in [0, 0.05) is 18.2 Å². The molecule has 194 valence electrons. The molecule has 0 radical (unpaired) electrons. The number of likely N-dealkylation sites (tertiary alicyclic amines) is 1. The van der Waals surface area contributed by atoms with Crippen LogP contribution >= 0.6 is 23.2 Å². The molecule has 2 unspecified atom stereocenters. The Labute approximate surface area is 224 Å². The molecule has 2 aliphatic rings. The van der Waals surface area contributed by atoms with Gasteiger partial charge in [-0.25, -0.2) is 0 Å². The number of carbonyl (C=O) groups is 2. The van der Waals surface area contributed by atoms with Crippen molar-refractivity contribution >= 4 is 35.0 Å². The Morgan fingerprint density at radius 3 is 2.56 bits per heavy atom. The van der Waals surface area contributed by atoms with Crippen molar-refractivity contribution in [3.8, 4) is 5.75 Å². The van der Waals surface area contributed by atoms with Gasteiger partial charge in [-0.05, 0) is 80.2 Å². The van der Waals surface area contributed by atoms with Gasteiger partial charge in [0.05, 0.1) is 23.7 Å². The molecule has 0 aromatic heterocycles. The summed E-state index contributed by atoms with van der Waals surface area (Å²) in [4.78, 5) is 27.5. The smallest absolute Gasteiger partial charge is 0.251 e. The first-order valence-electron chi connectivity index (χ1n) is 13.0. The summed E-state index contributed by atoms with van der Waals surface area (Å²) in [5, 5.41) is 3.46. The van der Waals surface area contributed by atoms with Crippen molar-refractivity contribution in [1.29, 1.82) is 0 Å². The summed E-state index contributed by atoms with van der Waals surface area (Å²) in [6, 6.07) is 13.3. The topological polar surface area (TPSA) is 58.6 Å². The van der Waals surface area contributed by atoms with Crippen LogP contribution < -0.4 is 10.1 Å². The van der Waals surface area contributed by atoms with E-state index in [-0.39, 0.29) is 24.4 Å². The van der Waals surface area contributed by atoms with E-state index in [1.165, 1.54) is 43.7 Å². The number of hydrogen-bond acceptors (Lipinski definition) is 3. The highest BCUT2D eigenvalue weighted by Gasteiger charge is 2.38. The largest absolute Gasteiger partial charge is 0.496 e. The lowest BCUT2D eigenvalue weighted by molar-refractivity contribution is -0.131. The van der Waals surface area contributed by atoms with Gasteiger partial charge in [0.15, 0.2) is 0 Å². The van der Waals surface area contributed by atoms with Crippen molar-refractivity contribution in [3.05, 3.63) is 63.6 Å². The molecule has 4 atom stereocenters. The van der Waals surface area contributed by atoms with E-state index < -0.39 is 0 Å². The molecule has 1 aliphatic carbocycles. The first-order valence-corrected chi connectivity index (χ1v) is 13.8. The lowest BCUT2D eigenvalue weighted by atomic mass is 9.75. The molecule has 4 rings (SSSR count). The zero-order chi connectivity index (χ0) is 25.7. The maximum Gasteiger partial charge on any atom is 0.251 e. The zero-order valence-electron chi connectivity index (χ0n) is 21.1. The summed E-state index contributed by atoms with van der Waals surface area (Å²) in [7, 11) is 1.75. The number of amides is 2. The highest BCUT2D eigenvalue weighted by molar-refractivity contribution is 6.42. The number of ether oxygens (including phenoxy) is 1. The minimum absolute atomic E-state index is 0.0172. The normalized spacial score (nSPS) is 24.6. The molecule has 2 fully saturated rings. The first kappa shape index (κ1) is 26.8. The quantitative estimate of drug-likeness (QED) is 0.450. The Kier molecular flexibility index (Phi) is 9.19. The SMILES string of the molecule is COc1ccccc1C1CCCC[C@H](C2CCN(C(=O)CNC(=O)c3ccc(Cl)c(Cl)c3)[C@H]2C)CC1. The Hall–Kier alpha value is -2.24. The number of nitrogens with one attached hydrogen (secondary N) is 1. The van der Waals surface area contributed by atoms with E-state index in [0.29, 0.717) is 33.4 Å². The summed E-state index contributed by atoms with van der Waals surface area (Å²) >= 11 is 12.0. The molecule has 0 bridgehead atoms. The summed E-state index contributed by atoms with van der Waals surface area (Å²) in [6.07, 6.45) is 8.24. The van der Waals surface area contributed by atoms with E-state index in [2.05, 4.69) is 30.4 Å². The monoisotopic (exact) mass is 530 g/mol. The van der Waals surface area contributed by atoms with Crippen molar-refractivity contribution < 1.29 is 14.3 Å². The van der Waals surface area contributed by atoms with Gasteiger partial charge in [0.25, 0.3) is 5.91 Å². The fraction of sp³-hybridized carbons (Fsp3) is 0.517. The molecule has 36 heavy (non-hydrogen) atoms. The third-order valence-electron chi connectivity index (χ3n) is 8.16. The molecule has 1 aliphatic heterocycles. The molecule has 2 amide bonds. The lowest BCUT2D eigenvalue weighted by Gasteiger charge is -2.33. The minimum atomic E-state index is -0.326. The number of rotatable bonds is 6. The van der Waals surface area contributed by atoms with Crippen LogP contribution in [0.5, 0.6) is 5.75 Å². The summed E-state index contributed by atoms with van der Waals surface area (Å²) < 4.78 is 5.65. The van der Waals surface area contributed by atoms with Crippen LogP contribution in [0.15, 0.2) is 42.5 Å². The Bertz CT molecular complexity index is 1080. The number of halogens is 2. The number of para-hydroxylation sites is 1. The molecule has 2 aromatic carbocycles. The maximum absolute atomic E-state index is 13.0. The van der Waals surface area contributed by atoms with Crippen LogP contribution in [0.25, 0.3) is 0 Å². The second kappa shape index (κ2) is 12.3. The Balaban J connectivity index is 1.33. The summed E-state index contributed by atoms with van der Waals surface area (Å²) in [6.45, 7) is 2.91. The molecule has 1 heterocycles. The molecule has 2 aromatic rings. The second-order valence-electron chi connectivity index (χ2n) is 10.2. The van der Waals surface area contributed by atoms with E-state index in [9.17, 15) is 9.59 Å². The van der Waals surface area contributed by atoms with Gasteiger partial charge in [-0.2, -0.15) is 0 Å². The number of methoxy groups -OCH3 is 1. The van der Waals surface area contributed by atoms with E-state index in [1.807, 2.05) is 11.0 Å². The van der Waals surface area contributed by atoms with Gasteiger partial charge in [-0.1, -0.05) is 60.7 Å². The second-order valence-corrected chi connectivity index (χ2v) is 11.0. The predicted octanol–water partition coefficient (Wildman–Crippen LogP) is 6.72. The standard InChI is InChI=1S/C29H36Cl2N2O3/c1-19-23(20-7-3-4-8-21(12-11-20)24-9-5-6-10-27(24)36-2)15-16-33(19)28(34)18-32-29(35)22-13-14-25(30)26(31)17-22/h5-6,9-10,13-14,17,19-21,23H,3-4,7-8,11-12,15-16,18H2,1-2H3,(H,32,35)/t19-,20-,21?,23?/m0/s1. The van der Waals surface area contributed by atoms with Crippen LogP contribution in [-0.2, 0) is 4.79 Å². The summed E-state index contributed by atoms with van der Waals surface area (Å²) in [5.74, 6) is 2.27. The van der Waals surface area contributed by atoms with Gasteiger partial charge in [-0.3, -0.25) is 9.59 Å². The molecule has 1 N–H and O–H groups in total. The Morgan fingerprint density at radius 2 is 1.78 bits per heavy atom. The van der Waals surface area contributed by atoms with E-state index in [1.54, 1.807) is 19.2 Å². The fourth-order valence-electron chi connectivity index (χ4n) is 6.19. The molecule has 1 saturated carbocycles. The number of carbonyl (C=O) groups excluding carboxylic acids is 2. The zero-order valence-corrected chi connectivity index (χ0v) is 22.7. The van der Waals surface area contributed by atoms with Crippen molar-refractivity contribution in [2.24, 2.45) is 11.8 Å². The Morgan fingerprint density at radius 1 is 1.00 bits per heavy atom. The third kappa shape index (κ3) is 6.18. The van der Waals surface area contributed by atoms with E-state index in [4.69, 9.17) is 27.9 Å². The molecular formula is C29H36Cl2N2O3. The van der Waals surface area contributed by atoms with Crippen molar-refractivity contribution in [1.82, 2.24) is 10.2 Å². The van der Waals surface area contributed by atoms with E-state index >= 15 is 0 Å². The first-order chi connectivity index (χ1) is 17.4. The van der Waals surface area contributed by atoms with Gasteiger partial charge in [0.2, 0.25) is 5.91 Å². The number of hydrogen-bond donors (Lipinski definition) is 1. The highest BCUT2D eigenvalue weighted by Crippen LogP contribution is 2.42. The average molecular weight is 532 g/mol. The van der Waals surface area contributed by atoms with Crippen molar-refractivity contribution in [2.75, 3.05) is 20.2 Å². The summed E-state index contributed by atoms with van der Waals surface area (Å²) in [5.41, 5.74) is 1.72. The van der Waals surface area contributed by atoms with Crippen LogP contribution in [0, 0.1) is 11.8 Å². The van der Waals surface area contributed by atoms with Gasteiger partial charge < -0.3 is 15.0 Å². The fourth-order valence-corrected chi connectivity index (χ4v) is 6.48. The van der Waals surface area contributed by atoms with Gasteiger partial charge in [-0.15, -0.1) is 0 Å². The molecular weight excluding hydrogens is 495 g/mol. The molecule has 0 spiro atoms.